The number of ether oxygens (including phenoxy) is 1. The lowest BCUT2D eigenvalue weighted by molar-refractivity contribution is -0.119. The average molecular weight is 420 g/mol. The monoisotopic (exact) mass is 419 g/mol. The van der Waals surface area contributed by atoms with Crippen LogP contribution in [0.2, 0.25) is 0 Å². The second-order valence-electron chi connectivity index (χ2n) is 7.80. The Morgan fingerprint density at radius 2 is 1.77 bits per heavy atom. The largest absolute Gasteiger partial charge is 0.396 e. The molecule has 6 heteroatoms. The predicted molar refractivity (Wildman–Crippen MR) is 122 cm³/mol. The summed E-state index contributed by atoms with van der Waals surface area (Å²) in [5.74, 6) is 0.00178. The van der Waals surface area contributed by atoms with Crippen LogP contribution in [0.5, 0.6) is 0 Å². The fraction of sp³-hybridized carbons (Fsp3) is 0.360. The number of benzene rings is 2. The van der Waals surface area contributed by atoms with Crippen LogP contribution in [-0.2, 0) is 14.4 Å². The van der Waals surface area contributed by atoms with E-state index in [2.05, 4.69) is 22.2 Å². The highest BCUT2D eigenvalue weighted by Crippen LogP contribution is 2.42. The Hall–Kier alpha value is -2.96. The maximum atomic E-state index is 13.0. The van der Waals surface area contributed by atoms with Crippen molar-refractivity contribution in [1.29, 1.82) is 0 Å². The van der Waals surface area contributed by atoms with Gasteiger partial charge in [0.2, 0.25) is 0 Å². The molecular weight excluding hydrogens is 390 g/mol. The van der Waals surface area contributed by atoms with E-state index in [0.29, 0.717) is 12.3 Å². The predicted octanol–water partition coefficient (Wildman–Crippen LogP) is 3.82. The summed E-state index contributed by atoms with van der Waals surface area (Å²) >= 11 is 0. The molecule has 0 saturated carbocycles. The molecule has 0 aromatic heterocycles. The van der Waals surface area contributed by atoms with Gasteiger partial charge in [0.25, 0.3) is 5.91 Å². The number of amides is 1. The molecule has 2 aromatic rings. The first-order valence-corrected chi connectivity index (χ1v) is 10.9. The zero-order valence-corrected chi connectivity index (χ0v) is 17.9. The van der Waals surface area contributed by atoms with Crippen molar-refractivity contribution in [3.63, 3.8) is 0 Å². The minimum Gasteiger partial charge on any atom is -0.396 e. The molecule has 6 nitrogen and oxygen atoms in total. The van der Waals surface area contributed by atoms with Crippen LogP contribution in [-0.4, -0.2) is 56.0 Å². The van der Waals surface area contributed by atoms with Crippen molar-refractivity contribution in [1.82, 2.24) is 4.90 Å². The molecule has 0 aliphatic carbocycles. The molecule has 2 aromatic carbocycles. The Morgan fingerprint density at radius 3 is 2.48 bits per heavy atom. The number of hydrogen-bond donors (Lipinski definition) is 0. The van der Waals surface area contributed by atoms with Gasteiger partial charge in [-0.05, 0) is 37.1 Å². The molecule has 0 bridgehead atoms. The summed E-state index contributed by atoms with van der Waals surface area (Å²) in [7, 11) is 0. The lowest BCUT2D eigenvalue weighted by Crippen LogP contribution is -2.49. The first kappa shape index (κ1) is 21.3. The Labute approximate surface area is 183 Å². The maximum Gasteiger partial charge on any atom is 0.257 e. The van der Waals surface area contributed by atoms with E-state index < -0.39 is 0 Å². The molecule has 0 N–H and O–H groups in total. The van der Waals surface area contributed by atoms with Crippen LogP contribution in [0.4, 0.5) is 5.69 Å². The Kier molecular flexibility index (Phi) is 7.12. The lowest BCUT2D eigenvalue weighted by atomic mass is 9.86. The summed E-state index contributed by atoms with van der Waals surface area (Å²) in [5.41, 5.74) is 3.40. The van der Waals surface area contributed by atoms with Gasteiger partial charge in [0.05, 0.1) is 25.0 Å². The second kappa shape index (κ2) is 10.4. The van der Waals surface area contributed by atoms with Gasteiger partial charge in [0.1, 0.15) is 6.61 Å². The van der Waals surface area contributed by atoms with Gasteiger partial charge in [0.15, 0.2) is 0 Å². The number of carbonyl (C=O) groups is 1. The standard InChI is InChI=1S/C25H29N3O3/c1-20(26-31-16-8-13-27-14-17-30-18-15-27)19-23-24(21-9-4-2-5-10-21)28(25(23)29)22-11-6-3-7-12-22/h2-7,9-12,19,24H,8,13-18H2,1H3/b23-19+,26-20?. The summed E-state index contributed by atoms with van der Waals surface area (Å²) in [6.45, 7) is 6.99. The van der Waals surface area contributed by atoms with E-state index in [1.54, 1.807) is 0 Å². The van der Waals surface area contributed by atoms with Gasteiger partial charge in [-0.15, -0.1) is 0 Å². The molecule has 2 saturated heterocycles. The molecule has 4 rings (SSSR count). The molecule has 162 valence electrons. The molecule has 2 aliphatic rings. The normalized spacial score (nSPS) is 21.3. The number of morpholine rings is 1. The highest BCUT2D eigenvalue weighted by molar-refractivity contribution is 6.18. The van der Waals surface area contributed by atoms with Gasteiger partial charge < -0.3 is 9.57 Å². The molecule has 31 heavy (non-hydrogen) atoms. The van der Waals surface area contributed by atoms with Crippen molar-refractivity contribution >= 4 is 17.3 Å². The summed E-state index contributed by atoms with van der Waals surface area (Å²) in [6.07, 6.45) is 2.77. The fourth-order valence-electron chi connectivity index (χ4n) is 3.98. The number of anilines is 1. The average Bonchev–Trinajstić information content (AvgIpc) is 2.82. The van der Waals surface area contributed by atoms with Gasteiger partial charge in [-0.25, -0.2) is 0 Å². The van der Waals surface area contributed by atoms with Crippen molar-refractivity contribution in [2.75, 3.05) is 44.4 Å². The van der Waals surface area contributed by atoms with Crippen LogP contribution in [0, 0.1) is 0 Å². The lowest BCUT2D eigenvalue weighted by Gasteiger charge is -2.43. The first-order valence-electron chi connectivity index (χ1n) is 10.9. The number of para-hydroxylation sites is 1. The van der Waals surface area contributed by atoms with E-state index >= 15 is 0 Å². The van der Waals surface area contributed by atoms with Crippen molar-refractivity contribution in [3.8, 4) is 0 Å². The molecule has 2 fully saturated rings. The summed E-state index contributed by atoms with van der Waals surface area (Å²) in [4.78, 5) is 22.7. The SMILES string of the molecule is CC(/C=C1/C(=O)N(c2ccccc2)C1c1ccccc1)=NOCCCN1CCOCC1. The number of hydrogen-bond acceptors (Lipinski definition) is 5. The van der Waals surface area contributed by atoms with E-state index in [-0.39, 0.29) is 11.9 Å². The summed E-state index contributed by atoms with van der Waals surface area (Å²) in [6, 6.07) is 19.7. The number of allylic oxidation sites excluding steroid dienone is 1. The maximum absolute atomic E-state index is 13.0. The van der Waals surface area contributed by atoms with Crippen molar-refractivity contribution in [2.45, 2.75) is 19.4 Å². The van der Waals surface area contributed by atoms with Gasteiger partial charge in [-0.3, -0.25) is 14.6 Å². The third-order valence-electron chi connectivity index (χ3n) is 5.55. The van der Waals surface area contributed by atoms with Crippen molar-refractivity contribution < 1.29 is 14.4 Å². The second-order valence-corrected chi connectivity index (χ2v) is 7.80. The molecule has 0 radical (unpaired) electrons. The molecule has 1 atom stereocenters. The van der Waals surface area contributed by atoms with Gasteiger partial charge in [0, 0.05) is 30.9 Å². The van der Waals surface area contributed by atoms with E-state index in [0.717, 1.165) is 56.1 Å². The van der Waals surface area contributed by atoms with Crippen LogP contribution < -0.4 is 4.90 Å². The van der Waals surface area contributed by atoms with Gasteiger partial charge >= 0.3 is 0 Å². The summed E-state index contributed by atoms with van der Waals surface area (Å²) < 4.78 is 5.36. The summed E-state index contributed by atoms with van der Waals surface area (Å²) in [5, 5.41) is 4.22. The molecule has 1 amide bonds. The Morgan fingerprint density at radius 1 is 1.10 bits per heavy atom. The molecule has 0 spiro atoms. The minimum absolute atomic E-state index is 0.00178. The molecule has 2 heterocycles. The van der Waals surface area contributed by atoms with Crippen LogP contribution in [0.3, 0.4) is 0 Å². The van der Waals surface area contributed by atoms with Crippen LogP contribution in [0.25, 0.3) is 0 Å². The van der Waals surface area contributed by atoms with E-state index in [1.165, 1.54) is 0 Å². The number of β-lactam (4-membered cyclic amide) rings is 1. The van der Waals surface area contributed by atoms with Crippen LogP contribution in [0.15, 0.2) is 77.5 Å². The van der Waals surface area contributed by atoms with Crippen LogP contribution >= 0.6 is 0 Å². The van der Waals surface area contributed by atoms with Crippen molar-refractivity contribution in [2.24, 2.45) is 5.16 Å². The smallest absolute Gasteiger partial charge is 0.257 e. The number of rotatable bonds is 8. The van der Waals surface area contributed by atoms with E-state index in [9.17, 15) is 4.79 Å². The van der Waals surface area contributed by atoms with Gasteiger partial charge in [-0.2, -0.15) is 0 Å². The fourth-order valence-corrected chi connectivity index (χ4v) is 3.98. The molecule has 2 aliphatic heterocycles. The quantitative estimate of drug-likeness (QED) is 0.215. The zero-order chi connectivity index (χ0) is 21.5. The minimum atomic E-state index is -0.123. The van der Waals surface area contributed by atoms with Crippen LogP contribution in [0.1, 0.15) is 24.9 Å². The Bertz CT molecular complexity index is 922. The third-order valence-corrected chi connectivity index (χ3v) is 5.55. The Balaban J connectivity index is 1.40. The zero-order valence-electron chi connectivity index (χ0n) is 17.9. The van der Waals surface area contributed by atoms with E-state index in [1.807, 2.05) is 66.4 Å². The molecule has 1 unspecified atom stereocenters. The van der Waals surface area contributed by atoms with Crippen molar-refractivity contribution in [3.05, 3.63) is 77.9 Å². The highest BCUT2D eigenvalue weighted by Gasteiger charge is 2.43. The molecular formula is C25H29N3O3. The number of carbonyl (C=O) groups excluding carboxylic acids is 1. The topological polar surface area (TPSA) is 54.4 Å². The number of nitrogens with zero attached hydrogens (tertiary/aromatic N) is 3. The van der Waals surface area contributed by atoms with Gasteiger partial charge in [-0.1, -0.05) is 53.7 Å². The highest BCUT2D eigenvalue weighted by atomic mass is 16.6. The van der Waals surface area contributed by atoms with E-state index in [4.69, 9.17) is 9.57 Å². The number of oxime groups is 1. The first-order chi connectivity index (χ1) is 15.2. The third kappa shape index (κ3) is 5.21.